The van der Waals surface area contributed by atoms with Gasteiger partial charge in [0.1, 0.15) is 20.0 Å². The number of thiophene rings is 2. The number of hydrogen-bond donors (Lipinski definition) is 0. The summed E-state index contributed by atoms with van der Waals surface area (Å²) in [4.78, 5) is 76.7. The number of fused-ring (bicyclic) bond motifs is 11. The first-order valence-corrected chi connectivity index (χ1v) is 22.3. The van der Waals surface area contributed by atoms with Crippen molar-refractivity contribution < 1.29 is 23.9 Å². The summed E-state index contributed by atoms with van der Waals surface area (Å²) >= 11 is 5.91. The van der Waals surface area contributed by atoms with Gasteiger partial charge in [-0.1, -0.05) is 74.0 Å². The summed E-state index contributed by atoms with van der Waals surface area (Å²) in [7, 11) is 0. The molecule has 0 saturated heterocycles. The zero-order chi connectivity index (χ0) is 35.2. The summed E-state index contributed by atoms with van der Waals surface area (Å²) in [5.74, 6) is 1.79. The molecule has 52 heavy (non-hydrogen) atoms. The van der Waals surface area contributed by atoms with Crippen LogP contribution >= 0.6 is 45.3 Å². The van der Waals surface area contributed by atoms with E-state index in [1.165, 1.54) is 85.4 Å². The highest BCUT2D eigenvalue weighted by atomic mass is 32.1. The highest BCUT2D eigenvalue weighted by molar-refractivity contribution is 7.35. The predicted molar refractivity (Wildman–Crippen MR) is 205 cm³/mol. The lowest BCUT2D eigenvalue weighted by molar-refractivity contribution is -0.123. The van der Waals surface area contributed by atoms with Gasteiger partial charge in [-0.25, -0.2) is 20.0 Å². The molecule has 11 rings (SSSR count). The van der Waals surface area contributed by atoms with Crippen molar-refractivity contribution in [2.24, 2.45) is 57.3 Å². The van der Waals surface area contributed by atoms with Crippen LogP contribution in [-0.2, 0) is 24.8 Å². The molecule has 0 spiro atoms. The summed E-state index contributed by atoms with van der Waals surface area (Å²) in [5.41, 5.74) is 0.526. The molecule has 268 valence electrons. The number of rotatable bonds is 2. The summed E-state index contributed by atoms with van der Waals surface area (Å²) in [6.07, 6.45) is 12.9. The highest BCUT2D eigenvalue weighted by Crippen LogP contribution is 2.60. The van der Waals surface area contributed by atoms with Gasteiger partial charge in [0, 0.05) is 29.2 Å². The number of Topliss-reactive ketones (excluding diaryl/α,β-unsaturated/α-hetero) is 4. The summed E-state index contributed by atoms with van der Waals surface area (Å²) < 4.78 is 8.59. The summed E-state index contributed by atoms with van der Waals surface area (Å²) in [5, 5.41) is 0.877. The van der Waals surface area contributed by atoms with Crippen LogP contribution in [0.2, 0.25) is 0 Å². The zero-order valence-corrected chi connectivity index (χ0v) is 32.3. The third-order valence-electron chi connectivity index (χ3n) is 13.6. The van der Waals surface area contributed by atoms with Crippen molar-refractivity contribution in [1.82, 2.24) is 9.97 Å². The van der Waals surface area contributed by atoms with E-state index in [0.717, 1.165) is 65.8 Å². The Morgan fingerprint density at radius 2 is 0.981 bits per heavy atom. The largest absolute Gasteiger partial charge is 0.480 e. The Labute approximate surface area is 316 Å². The fourth-order valence-electron chi connectivity index (χ4n) is 11.2. The van der Waals surface area contributed by atoms with E-state index in [1.54, 1.807) is 11.3 Å². The number of ether oxygens (including phenoxy) is 1. The molecule has 8 atom stereocenters. The number of ketones is 4. The number of nitrogens with zero attached hydrogens (tertiary/aromatic N) is 4. The lowest BCUT2D eigenvalue weighted by Crippen LogP contribution is -2.35. The van der Waals surface area contributed by atoms with Crippen molar-refractivity contribution in [2.75, 3.05) is 0 Å². The molecule has 9 nitrogen and oxygen atoms in total. The lowest BCUT2D eigenvalue weighted by atomic mass is 9.64. The number of aromatic nitrogens is 2. The Morgan fingerprint density at radius 3 is 1.44 bits per heavy atom. The second-order valence-electron chi connectivity index (χ2n) is 16.8. The van der Waals surface area contributed by atoms with Crippen molar-refractivity contribution in [2.45, 2.75) is 96.5 Å². The first-order valence-electron chi connectivity index (χ1n) is 19.0. The minimum absolute atomic E-state index is 0.0821. The van der Waals surface area contributed by atoms with Crippen molar-refractivity contribution >= 4 is 109 Å². The Morgan fingerprint density at radius 1 is 0.577 bits per heavy atom. The lowest BCUT2D eigenvalue weighted by Gasteiger charge is -2.39. The monoisotopic (exact) mass is 770 g/mol. The molecule has 0 N–H and O–H groups in total. The first-order chi connectivity index (χ1) is 25.1. The third kappa shape index (κ3) is 4.67. The molecule has 5 heterocycles. The third-order valence-corrected chi connectivity index (χ3v) is 18.1. The Kier molecular flexibility index (Phi) is 7.18. The maximum atomic E-state index is 13.5. The molecule has 1 aliphatic heterocycles. The van der Waals surface area contributed by atoms with Crippen molar-refractivity contribution in [3.8, 4) is 15.5 Å². The van der Waals surface area contributed by atoms with Crippen LogP contribution in [0.4, 0.5) is 10.3 Å². The van der Waals surface area contributed by atoms with E-state index >= 15 is 0 Å². The molecule has 0 radical (unpaired) electrons. The molecule has 4 aromatic heterocycles. The Bertz CT molecular complexity index is 2270. The number of carbonyl (C=O) groups is 4. The van der Waals surface area contributed by atoms with Gasteiger partial charge < -0.3 is 4.74 Å². The smallest absolute Gasteiger partial charge is 0.212 e. The SMILES string of the molecule is CC1(C)Oc2c(sc3nc(N=C4C(=O)C5CC6CCCCC6CC5C4=O)sc23)-c2sc3nc(N=C4C(=O)C5CC6CCCCC6CC5C4=O)sc3c21. The van der Waals surface area contributed by atoms with E-state index in [2.05, 4.69) is 9.98 Å². The second kappa shape index (κ2) is 11.5. The van der Waals surface area contributed by atoms with Gasteiger partial charge in [0.2, 0.25) is 10.3 Å². The minimum atomic E-state index is -0.699. The van der Waals surface area contributed by atoms with Gasteiger partial charge in [-0.2, -0.15) is 0 Å². The molecule has 4 aromatic rings. The van der Waals surface area contributed by atoms with E-state index in [0.29, 0.717) is 33.9 Å². The van der Waals surface area contributed by atoms with E-state index in [9.17, 15) is 19.2 Å². The number of thiazole rings is 2. The molecular formula is C39H38N4O5S4. The molecule has 13 heteroatoms. The molecule has 0 amide bonds. The predicted octanol–water partition coefficient (Wildman–Crippen LogP) is 9.44. The molecule has 6 aliphatic carbocycles. The maximum absolute atomic E-state index is 13.5. The van der Waals surface area contributed by atoms with E-state index in [1.807, 2.05) is 13.8 Å². The van der Waals surface area contributed by atoms with Crippen LogP contribution in [0.25, 0.3) is 28.8 Å². The van der Waals surface area contributed by atoms with Gasteiger partial charge in [-0.3, -0.25) is 19.2 Å². The Balaban J connectivity index is 0.897. The van der Waals surface area contributed by atoms with Crippen molar-refractivity contribution in [1.29, 1.82) is 0 Å². The van der Waals surface area contributed by atoms with Gasteiger partial charge in [-0.15, -0.1) is 22.7 Å². The molecule has 7 aliphatic rings. The van der Waals surface area contributed by atoms with Crippen LogP contribution in [0.3, 0.4) is 0 Å². The molecule has 0 aromatic carbocycles. The topological polar surface area (TPSA) is 128 Å². The maximum Gasteiger partial charge on any atom is 0.212 e. The fourth-order valence-corrected chi connectivity index (χ4v) is 16.1. The van der Waals surface area contributed by atoms with E-state index < -0.39 is 5.60 Å². The average Bonchev–Trinajstić information content (AvgIpc) is 3.95. The van der Waals surface area contributed by atoms with Crippen LogP contribution in [0.15, 0.2) is 9.98 Å². The highest BCUT2D eigenvalue weighted by Gasteiger charge is 2.54. The van der Waals surface area contributed by atoms with Crippen LogP contribution in [0.5, 0.6) is 5.75 Å². The summed E-state index contributed by atoms with van der Waals surface area (Å²) in [6, 6.07) is 0. The van der Waals surface area contributed by atoms with Crippen molar-refractivity contribution in [3.63, 3.8) is 0 Å². The van der Waals surface area contributed by atoms with Gasteiger partial charge >= 0.3 is 0 Å². The van der Waals surface area contributed by atoms with Gasteiger partial charge in [-0.05, 0) is 63.2 Å². The van der Waals surface area contributed by atoms with E-state index in [-0.39, 0.29) is 58.2 Å². The summed E-state index contributed by atoms with van der Waals surface area (Å²) in [6.45, 7) is 4.09. The molecule has 6 fully saturated rings. The second-order valence-corrected chi connectivity index (χ2v) is 20.7. The minimum Gasteiger partial charge on any atom is -0.480 e. The van der Waals surface area contributed by atoms with Gasteiger partial charge in [0.05, 0.1) is 14.5 Å². The first kappa shape index (κ1) is 32.4. The molecular weight excluding hydrogens is 733 g/mol. The fraction of sp³-hybridized carbons (Fsp3) is 0.590. The van der Waals surface area contributed by atoms with Crippen LogP contribution in [-0.4, -0.2) is 44.5 Å². The van der Waals surface area contributed by atoms with Gasteiger partial charge in [0.15, 0.2) is 40.3 Å². The molecule has 6 saturated carbocycles. The van der Waals surface area contributed by atoms with Crippen LogP contribution in [0, 0.1) is 47.3 Å². The zero-order valence-electron chi connectivity index (χ0n) is 29.1. The van der Waals surface area contributed by atoms with Crippen LogP contribution < -0.4 is 4.74 Å². The van der Waals surface area contributed by atoms with Crippen LogP contribution in [0.1, 0.15) is 96.5 Å². The molecule has 8 unspecified atom stereocenters. The number of hydrogen-bond acceptors (Lipinski definition) is 13. The standard InChI is InChI=1S/C39H38N4O5S4/c1-39(2)23-31(49-35-32(23)51-37(42-35)40-24-26(44)19-11-15-7-3-4-8-16(15)12-20(19)27(24)45)33-30(48-39)34-36(50-33)43-38(52-34)41-25-28(46)21-13-17-9-5-6-10-18(17)14-22(21)29(25)47/h15-22H,3-14H2,1-2H3. The van der Waals surface area contributed by atoms with E-state index in [4.69, 9.17) is 14.7 Å². The van der Waals surface area contributed by atoms with Gasteiger partial charge in [0.25, 0.3) is 0 Å². The molecule has 0 bridgehead atoms. The number of carbonyl (C=O) groups excluding carboxylic acids is 4. The Hall–Kier alpha value is -3.00. The number of aliphatic imine (C=N–C) groups is 2. The quantitative estimate of drug-likeness (QED) is 0.199. The normalized spacial score (nSPS) is 33.4. The van der Waals surface area contributed by atoms with Crippen molar-refractivity contribution in [3.05, 3.63) is 5.56 Å². The average molecular weight is 771 g/mol.